The van der Waals surface area contributed by atoms with Crippen molar-refractivity contribution in [3.63, 3.8) is 0 Å². The van der Waals surface area contributed by atoms with E-state index in [-0.39, 0.29) is 11.9 Å². The molecule has 0 saturated carbocycles. The van der Waals surface area contributed by atoms with Crippen LogP contribution in [0.2, 0.25) is 5.02 Å². The van der Waals surface area contributed by atoms with Crippen LogP contribution < -0.4 is 5.32 Å². The van der Waals surface area contributed by atoms with Crippen LogP contribution in [0.25, 0.3) is 0 Å². The normalized spacial score (nSPS) is 16.7. The van der Waals surface area contributed by atoms with E-state index in [2.05, 4.69) is 18.3 Å². The molecule has 0 fully saturated rings. The molecule has 2 rings (SSSR count). The zero-order valence-corrected chi connectivity index (χ0v) is 11.4. The van der Waals surface area contributed by atoms with Crippen molar-refractivity contribution < 1.29 is 4.39 Å². The summed E-state index contributed by atoms with van der Waals surface area (Å²) in [6, 6.07) is 4.96. The Kier molecular flexibility index (Phi) is 4.79. The average Bonchev–Trinajstić information content (AvgIpc) is 2.85. The van der Waals surface area contributed by atoms with Gasteiger partial charge in [-0.1, -0.05) is 36.2 Å². The van der Waals surface area contributed by atoms with Gasteiger partial charge in [-0.3, -0.25) is 0 Å². The molecule has 98 valence electrons. The highest BCUT2D eigenvalue weighted by Crippen LogP contribution is 2.32. The maximum absolute atomic E-state index is 14.0. The topological polar surface area (TPSA) is 12.0 Å². The molecule has 0 aliphatic heterocycles. The van der Waals surface area contributed by atoms with Gasteiger partial charge in [0.1, 0.15) is 5.82 Å². The van der Waals surface area contributed by atoms with E-state index in [1.54, 1.807) is 12.1 Å². The number of benzene rings is 1. The van der Waals surface area contributed by atoms with Crippen molar-refractivity contribution in [3.8, 4) is 0 Å². The second-order valence-corrected chi connectivity index (χ2v) is 5.16. The Morgan fingerprint density at radius 1 is 1.44 bits per heavy atom. The van der Waals surface area contributed by atoms with Gasteiger partial charge in [0.25, 0.3) is 0 Å². The maximum Gasteiger partial charge on any atom is 0.129 e. The van der Waals surface area contributed by atoms with E-state index in [1.807, 2.05) is 0 Å². The van der Waals surface area contributed by atoms with Crippen LogP contribution in [-0.2, 0) is 0 Å². The van der Waals surface area contributed by atoms with Crippen LogP contribution in [0.5, 0.6) is 0 Å². The van der Waals surface area contributed by atoms with Crippen LogP contribution in [0.1, 0.15) is 44.2 Å². The third kappa shape index (κ3) is 3.12. The van der Waals surface area contributed by atoms with Crippen molar-refractivity contribution in [1.29, 1.82) is 0 Å². The Balaban J connectivity index is 2.26. The fraction of sp³-hybridized carbons (Fsp3) is 0.467. The van der Waals surface area contributed by atoms with Gasteiger partial charge in [-0.05, 0) is 44.4 Å². The van der Waals surface area contributed by atoms with Crippen molar-refractivity contribution in [3.05, 3.63) is 46.3 Å². The van der Waals surface area contributed by atoms with Gasteiger partial charge in [0.05, 0.1) is 6.04 Å². The minimum atomic E-state index is -0.219. The molecule has 1 atom stereocenters. The molecule has 1 aromatic rings. The first-order valence-corrected chi connectivity index (χ1v) is 6.97. The molecule has 1 N–H and O–H groups in total. The number of rotatable bonds is 5. The Bertz CT molecular complexity index is 442. The first-order valence-electron chi connectivity index (χ1n) is 6.59. The predicted octanol–water partition coefficient (Wildman–Crippen LogP) is 4.63. The molecule has 1 aromatic carbocycles. The first-order chi connectivity index (χ1) is 8.72. The smallest absolute Gasteiger partial charge is 0.129 e. The maximum atomic E-state index is 14.0. The standard InChI is InChI=1S/C15H19ClFN/c1-2-9-18-15(11-5-3-4-6-11)13-8-7-12(16)10-14(13)17/h5,7-8,10,15,18H,2-4,6,9H2,1H3. The van der Waals surface area contributed by atoms with E-state index >= 15 is 0 Å². The Labute approximate surface area is 113 Å². The minimum absolute atomic E-state index is 0.00437. The fourth-order valence-electron chi connectivity index (χ4n) is 2.42. The summed E-state index contributed by atoms with van der Waals surface area (Å²) in [5.41, 5.74) is 2.02. The summed E-state index contributed by atoms with van der Waals surface area (Å²) in [4.78, 5) is 0. The van der Waals surface area contributed by atoms with Gasteiger partial charge in [0, 0.05) is 10.6 Å². The Morgan fingerprint density at radius 3 is 2.89 bits per heavy atom. The van der Waals surface area contributed by atoms with Gasteiger partial charge >= 0.3 is 0 Å². The molecule has 0 spiro atoms. The van der Waals surface area contributed by atoms with Crippen LogP contribution in [0.3, 0.4) is 0 Å². The molecule has 1 nitrogen and oxygen atoms in total. The molecule has 18 heavy (non-hydrogen) atoms. The van der Waals surface area contributed by atoms with Crippen molar-refractivity contribution in [1.82, 2.24) is 5.32 Å². The molecule has 0 bridgehead atoms. The average molecular weight is 268 g/mol. The largest absolute Gasteiger partial charge is 0.306 e. The van der Waals surface area contributed by atoms with E-state index in [4.69, 9.17) is 11.6 Å². The highest BCUT2D eigenvalue weighted by atomic mass is 35.5. The molecule has 1 unspecified atom stereocenters. The highest BCUT2D eigenvalue weighted by molar-refractivity contribution is 6.30. The van der Waals surface area contributed by atoms with E-state index in [0.29, 0.717) is 10.6 Å². The number of hydrogen-bond acceptors (Lipinski definition) is 1. The summed E-state index contributed by atoms with van der Waals surface area (Å²) < 4.78 is 14.0. The first kappa shape index (κ1) is 13.6. The molecule has 1 aliphatic carbocycles. The lowest BCUT2D eigenvalue weighted by molar-refractivity contribution is 0.535. The minimum Gasteiger partial charge on any atom is -0.306 e. The summed E-state index contributed by atoms with van der Waals surface area (Å²) in [7, 11) is 0. The van der Waals surface area contributed by atoms with Crippen molar-refractivity contribution in [2.75, 3.05) is 6.54 Å². The van der Waals surface area contributed by atoms with Crippen LogP contribution >= 0.6 is 11.6 Å². The van der Waals surface area contributed by atoms with Crippen molar-refractivity contribution >= 4 is 11.6 Å². The SMILES string of the molecule is CCCNC(C1=CCCC1)c1ccc(Cl)cc1F. The number of hydrogen-bond donors (Lipinski definition) is 1. The van der Waals surface area contributed by atoms with Gasteiger partial charge in [-0.25, -0.2) is 4.39 Å². The zero-order valence-electron chi connectivity index (χ0n) is 10.7. The Morgan fingerprint density at radius 2 is 2.28 bits per heavy atom. The van der Waals surface area contributed by atoms with Crippen molar-refractivity contribution in [2.45, 2.75) is 38.6 Å². The third-order valence-corrected chi connectivity index (χ3v) is 3.55. The van der Waals surface area contributed by atoms with Crippen LogP contribution in [0.15, 0.2) is 29.8 Å². The molecule has 0 amide bonds. The van der Waals surface area contributed by atoms with E-state index < -0.39 is 0 Å². The summed E-state index contributed by atoms with van der Waals surface area (Å²) in [6.45, 7) is 3.01. The fourth-order valence-corrected chi connectivity index (χ4v) is 2.58. The van der Waals surface area contributed by atoms with Gasteiger partial charge in [-0.15, -0.1) is 0 Å². The van der Waals surface area contributed by atoms with E-state index in [1.165, 1.54) is 18.1 Å². The lowest BCUT2D eigenvalue weighted by atomic mass is 9.97. The lowest BCUT2D eigenvalue weighted by Crippen LogP contribution is -2.24. The molecule has 0 saturated heterocycles. The molecule has 0 aromatic heterocycles. The molecule has 0 radical (unpaired) electrons. The predicted molar refractivity (Wildman–Crippen MR) is 74.4 cm³/mol. The number of allylic oxidation sites excluding steroid dienone is 1. The summed E-state index contributed by atoms with van der Waals surface area (Å²) in [6.07, 6.45) is 6.62. The van der Waals surface area contributed by atoms with Gasteiger partial charge < -0.3 is 5.32 Å². The molecule has 1 aliphatic rings. The third-order valence-electron chi connectivity index (χ3n) is 3.32. The molecule has 3 heteroatoms. The number of nitrogens with one attached hydrogen (secondary N) is 1. The van der Waals surface area contributed by atoms with Gasteiger partial charge in [-0.2, -0.15) is 0 Å². The van der Waals surface area contributed by atoms with Crippen molar-refractivity contribution in [2.24, 2.45) is 0 Å². The molecular formula is C15H19ClFN. The van der Waals surface area contributed by atoms with Gasteiger partial charge in [0.2, 0.25) is 0 Å². The van der Waals surface area contributed by atoms with Crippen LogP contribution in [0, 0.1) is 5.82 Å². The molecular weight excluding hydrogens is 249 g/mol. The second kappa shape index (κ2) is 6.35. The van der Waals surface area contributed by atoms with E-state index in [9.17, 15) is 4.39 Å². The summed E-state index contributed by atoms with van der Waals surface area (Å²) >= 11 is 5.81. The number of halogens is 2. The summed E-state index contributed by atoms with van der Waals surface area (Å²) in [5, 5.41) is 3.89. The summed E-state index contributed by atoms with van der Waals surface area (Å²) in [5.74, 6) is -0.219. The van der Waals surface area contributed by atoms with Crippen LogP contribution in [-0.4, -0.2) is 6.54 Å². The highest BCUT2D eigenvalue weighted by Gasteiger charge is 2.21. The van der Waals surface area contributed by atoms with Gasteiger partial charge in [0.15, 0.2) is 0 Å². The quantitative estimate of drug-likeness (QED) is 0.767. The van der Waals surface area contributed by atoms with Crippen LogP contribution in [0.4, 0.5) is 4.39 Å². The van der Waals surface area contributed by atoms with E-state index in [0.717, 1.165) is 25.8 Å². The Hall–Kier alpha value is -0.860. The monoisotopic (exact) mass is 267 g/mol. The lowest BCUT2D eigenvalue weighted by Gasteiger charge is -2.21. The second-order valence-electron chi connectivity index (χ2n) is 4.72. The zero-order chi connectivity index (χ0) is 13.0. The molecule has 0 heterocycles.